The lowest BCUT2D eigenvalue weighted by molar-refractivity contribution is 0.0322. The second-order valence-corrected chi connectivity index (χ2v) is 7.55. The molecule has 2 rings (SSSR count). The van der Waals surface area contributed by atoms with Crippen LogP contribution in [0.15, 0.2) is 29.2 Å². The minimum absolute atomic E-state index is 0.171. The van der Waals surface area contributed by atoms with Gasteiger partial charge in [0.15, 0.2) is 0 Å². The smallest absolute Gasteiger partial charge is 0.240 e. The Morgan fingerprint density at radius 1 is 1.42 bits per heavy atom. The molecule has 1 fully saturated rings. The monoisotopic (exact) mass is 395 g/mol. The molecule has 0 aromatic heterocycles. The zero-order valence-corrected chi connectivity index (χ0v) is 14.0. The molecule has 0 aliphatic carbocycles. The third-order valence-corrected chi connectivity index (χ3v) is 6.47. The highest BCUT2D eigenvalue weighted by atomic mass is 127. The van der Waals surface area contributed by atoms with Gasteiger partial charge in [0, 0.05) is 11.0 Å². The van der Waals surface area contributed by atoms with Gasteiger partial charge < -0.3 is 4.74 Å². The van der Waals surface area contributed by atoms with E-state index in [0.717, 1.165) is 9.99 Å². The lowest BCUT2D eigenvalue weighted by Crippen LogP contribution is -2.49. The molecule has 0 bridgehead atoms. The van der Waals surface area contributed by atoms with Crippen LogP contribution in [0.5, 0.6) is 0 Å². The quantitative estimate of drug-likeness (QED) is 0.629. The van der Waals surface area contributed by atoms with E-state index in [9.17, 15) is 8.42 Å². The van der Waals surface area contributed by atoms with Gasteiger partial charge in [-0.1, -0.05) is 40.3 Å². The van der Waals surface area contributed by atoms with Crippen molar-refractivity contribution in [3.05, 3.63) is 29.8 Å². The highest BCUT2D eigenvalue weighted by Gasteiger charge is 2.41. The number of aryl methyl sites for hydroxylation is 1. The van der Waals surface area contributed by atoms with Crippen LogP contribution in [0.1, 0.15) is 18.9 Å². The molecule has 1 aliphatic heterocycles. The Labute approximate surface area is 128 Å². The van der Waals surface area contributed by atoms with E-state index in [2.05, 4.69) is 27.3 Å². The number of hydrogen-bond acceptors (Lipinski definition) is 3. The van der Waals surface area contributed by atoms with E-state index in [0.29, 0.717) is 17.9 Å². The molecule has 0 spiro atoms. The van der Waals surface area contributed by atoms with Crippen molar-refractivity contribution in [3.8, 4) is 0 Å². The molecular formula is C13H18INO3S. The predicted octanol–water partition coefficient (Wildman–Crippen LogP) is 2.26. The topological polar surface area (TPSA) is 55.4 Å². The van der Waals surface area contributed by atoms with Crippen molar-refractivity contribution in [2.24, 2.45) is 0 Å². The summed E-state index contributed by atoms with van der Waals surface area (Å²) >= 11 is 2.23. The normalized spacial score (nSPS) is 27.6. The largest absolute Gasteiger partial charge is 0.373 e. The Balaban J connectivity index is 2.20. The van der Waals surface area contributed by atoms with Gasteiger partial charge in [-0.05, 0) is 32.4 Å². The third kappa shape index (κ3) is 3.29. The molecule has 106 valence electrons. The lowest BCUT2D eigenvalue weighted by Gasteiger charge is -2.28. The highest BCUT2D eigenvalue weighted by molar-refractivity contribution is 14.1. The number of nitrogens with one attached hydrogen (secondary N) is 1. The molecule has 0 amide bonds. The fraction of sp³-hybridized carbons (Fsp3) is 0.538. The second kappa shape index (κ2) is 5.67. The summed E-state index contributed by atoms with van der Waals surface area (Å²) in [4.78, 5) is 0.306. The van der Waals surface area contributed by atoms with Gasteiger partial charge >= 0.3 is 0 Å². The Hall–Kier alpha value is -0.180. The van der Waals surface area contributed by atoms with Crippen molar-refractivity contribution < 1.29 is 13.2 Å². The van der Waals surface area contributed by atoms with Crippen LogP contribution in [0.2, 0.25) is 0 Å². The molecule has 1 aromatic carbocycles. The third-order valence-electron chi connectivity index (χ3n) is 3.47. The van der Waals surface area contributed by atoms with Crippen molar-refractivity contribution in [1.82, 2.24) is 4.72 Å². The van der Waals surface area contributed by atoms with Gasteiger partial charge in [0.05, 0.1) is 16.5 Å². The second-order valence-electron chi connectivity index (χ2n) is 5.07. The van der Waals surface area contributed by atoms with Gasteiger partial charge in [0.2, 0.25) is 10.0 Å². The molecule has 1 aliphatic rings. The first-order valence-corrected chi connectivity index (χ1v) is 9.17. The van der Waals surface area contributed by atoms with E-state index >= 15 is 0 Å². The number of halogens is 1. The maximum atomic E-state index is 12.3. The molecule has 0 radical (unpaired) electrons. The van der Waals surface area contributed by atoms with Gasteiger partial charge in [-0.15, -0.1) is 0 Å². The Bertz CT molecular complexity index is 544. The summed E-state index contributed by atoms with van der Waals surface area (Å²) in [6, 6.07) is 6.70. The first-order chi connectivity index (χ1) is 8.87. The van der Waals surface area contributed by atoms with Gasteiger partial charge in [0.25, 0.3) is 0 Å². The molecule has 6 heteroatoms. The fourth-order valence-corrected chi connectivity index (χ4v) is 4.23. The number of sulfonamides is 1. The van der Waals surface area contributed by atoms with E-state index in [-0.39, 0.29) is 6.04 Å². The first-order valence-electron chi connectivity index (χ1n) is 6.16. The average molecular weight is 395 g/mol. The summed E-state index contributed by atoms with van der Waals surface area (Å²) in [5.41, 5.74) is 0.624. The van der Waals surface area contributed by atoms with Gasteiger partial charge in [-0.3, -0.25) is 0 Å². The summed E-state index contributed by atoms with van der Waals surface area (Å²) in [6.07, 6.45) is 0.713. The first kappa shape index (κ1) is 15.2. The zero-order valence-electron chi connectivity index (χ0n) is 11.0. The number of ether oxygens (including phenoxy) is 1. The maximum Gasteiger partial charge on any atom is 0.240 e. The van der Waals surface area contributed by atoms with Gasteiger partial charge in [-0.2, -0.15) is 0 Å². The number of alkyl halides is 1. The van der Waals surface area contributed by atoms with Gasteiger partial charge in [0.1, 0.15) is 0 Å². The van der Waals surface area contributed by atoms with Crippen molar-refractivity contribution in [2.45, 2.75) is 36.8 Å². The summed E-state index contributed by atoms with van der Waals surface area (Å²) in [5, 5.41) is 0. The summed E-state index contributed by atoms with van der Waals surface area (Å²) in [7, 11) is -3.47. The zero-order chi connectivity index (χ0) is 14.1. The molecule has 4 nitrogen and oxygen atoms in total. The number of hydrogen-bond donors (Lipinski definition) is 1. The van der Waals surface area contributed by atoms with Gasteiger partial charge in [-0.25, -0.2) is 13.1 Å². The van der Waals surface area contributed by atoms with Crippen LogP contribution in [0, 0.1) is 6.92 Å². The van der Waals surface area contributed by atoms with Crippen LogP contribution in [0.25, 0.3) is 0 Å². The lowest BCUT2D eigenvalue weighted by atomic mass is 10.0. The maximum absolute atomic E-state index is 12.3. The summed E-state index contributed by atoms with van der Waals surface area (Å²) in [6.45, 7) is 4.48. The molecule has 0 saturated carbocycles. The van der Waals surface area contributed by atoms with E-state index in [4.69, 9.17) is 4.74 Å². The molecule has 1 aromatic rings. The van der Waals surface area contributed by atoms with E-state index < -0.39 is 15.6 Å². The van der Waals surface area contributed by atoms with E-state index in [1.165, 1.54) is 0 Å². The Morgan fingerprint density at radius 2 is 2.05 bits per heavy atom. The van der Waals surface area contributed by atoms with E-state index in [1.54, 1.807) is 24.3 Å². The fourth-order valence-electron chi connectivity index (χ4n) is 2.10. The van der Waals surface area contributed by atoms with E-state index in [1.807, 2.05) is 13.8 Å². The Morgan fingerprint density at radius 3 is 2.63 bits per heavy atom. The number of rotatable bonds is 4. The average Bonchev–Trinajstić information content (AvgIpc) is 2.72. The van der Waals surface area contributed by atoms with Crippen molar-refractivity contribution in [3.63, 3.8) is 0 Å². The predicted molar refractivity (Wildman–Crippen MR) is 83.1 cm³/mol. The standard InChI is InChI=1S/C13H18INO3S/c1-10-3-5-11(6-4-10)19(16,17)15-12-7-8-18-13(12,2)9-14/h3-6,12,15H,7-9H2,1-2H3/t12-,13-/m1/s1. The molecule has 1 saturated heterocycles. The summed E-state index contributed by atoms with van der Waals surface area (Å²) < 4.78 is 33.9. The van der Waals surface area contributed by atoms with Crippen molar-refractivity contribution >= 4 is 32.6 Å². The molecule has 1 heterocycles. The van der Waals surface area contributed by atoms with Crippen molar-refractivity contribution in [2.75, 3.05) is 11.0 Å². The molecule has 1 N–H and O–H groups in total. The van der Waals surface area contributed by atoms with Crippen LogP contribution in [0.3, 0.4) is 0 Å². The molecule has 0 unspecified atom stereocenters. The minimum Gasteiger partial charge on any atom is -0.373 e. The van der Waals surface area contributed by atoms with Crippen molar-refractivity contribution in [1.29, 1.82) is 0 Å². The molecule has 2 atom stereocenters. The van der Waals surface area contributed by atoms with Crippen LogP contribution in [0.4, 0.5) is 0 Å². The van der Waals surface area contributed by atoms with Crippen LogP contribution in [-0.2, 0) is 14.8 Å². The molecular weight excluding hydrogens is 377 g/mol. The highest BCUT2D eigenvalue weighted by Crippen LogP contribution is 2.29. The molecule has 19 heavy (non-hydrogen) atoms. The van der Waals surface area contributed by atoms with Crippen LogP contribution >= 0.6 is 22.6 Å². The Kier molecular flexibility index (Phi) is 4.54. The SMILES string of the molecule is Cc1ccc(S(=O)(=O)N[C@@H]2CCO[C@]2(C)CI)cc1. The van der Waals surface area contributed by atoms with Crippen LogP contribution < -0.4 is 4.72 Å². The number of benzene rings is 1. The minimum atomic E-state index is -3.47. The summed E-state index contributed by atoms with van der Waals surface area (Å²) in [5.74, 6) is 0. The van der Waals surface area contributed by atoms with Crippen LogP contribution in [-0.4, -0.2) is 31.1 Å².